The van der Waals surface area contributed by atoms with E-state index in [2.05, 4.69) is 5.32 Å². The van der Waals surface area contributed by atoms with Gasteiger partial charge in [-0.25, -0.2) is 4.79 Å². The minimum absolute atomic E-state index is 0.0807. The number of carboxylic acid groups (broad SMARTS) is 1. The van der Waals surface area contributed by atoms with Crippen LogP contribution in [0.25, 0.3) is 0 Å². The van der Waals surface area contributed by atoms with E-state index >= 15 is 0 Å². The van der Waals surface area contributed by atoms with Crippen molar-refractivity contribution in [1.29, 1.82) is 0 Å². The zero-order valence-corrected chi connectivity index (χ0v) is 9.73. The molecule has 1 aliphatic rings. The number of amides is 1. The second kappa shape index (κ2) is 5.84. The molecule has 0 unspecified atom stereocenters. The van der Waals surface area contributed by atoms with E-state index in [1.807, 2.05) is 13.8 Å². The Labute approximate surface area is 95.2 Å². The molecule has 1 heterocycles. The highest BCUT2D eigenvalue weighted by Gasteiger charge is 2.30. The van der Waals surface area contributed by atoms with Crippen LogP contribution in [-0.4, -0.2) is 35.7 Å². The molecule has 1 saturated heterocycles. The van der Waals surface area contributed by atoms with E-state index in [9.17, 15) is 9.59 Å². The topological polar surface area (TPSA) is 75.6 Å². The third-order valence-electron chi connectivity index (χ3n) is 3.00. The standard InChI is InChI=1S/C11H19NO4/c1-3-7(2)9(11(14)15)12-10(13)8-5-4-6-16-8/h7-9H,3-6H2,1-2H3,(H,12,13)(H,14,15)/t7-,8-,9-/m1/s1. The maximum Gasteiger partial charge on any atom is 0.326 e. The minimum Gasteiger partial charge on any atom is -0.480 e. The van der Waals surface area contributed by atoms with E-state index in [1.54, 1.807) is 0 Å². The van der Waals surface area contributed by atoms with Crippen molar-refractivity contribution in [3.63, 3.8) is 0 Å². The van der Waals surface area contributed by atoms with E-state index < -0.39 is 18.1 Å². The number of carbonyl (C=O) groups excluding carboxylic acids is 1. The fourth-order valence-electron chi connectivity index (χ4n) is 1.71. The molecule has 0 saturated carbocycles. The SMILES string of the molecule is CC[C@@H](C)[C@@H](NC(=O)[C@H]1CCCO1)C(=O)O. The smallest absolute Gasteiger partial charge is 0.326 e. The summed E-state index contributed by atoms with van der Waals surface area (Å²) in [6.07, 6.45) is 1.78. The highest BCUT2D eigenvalue weighted by molar-refractivity contribution is 5.86. The molecule has 1 amide bonds. The lowest BCUT2D eigenvalue weighted by Crippen LogP contribution is -2.48. The van der Waals surface area contributed by atoms with Gasteiger partial charge < -0.3 is 15.2 Å². The molecule has 3 atom stereocenters. The second-order valence-electron chi connectivity index (χ2n) is 4.21. The summed E-state index contributed by atoms with van der Waals surface area (Å²) in [5, 5.41) is 11.6. The number of hydrogen-bond donors (Lipinski definition) is 2. The predicted octanol–water partition coefficient (Wildman–Crippen LogP) is 0.781. The summed E-state index contributed by atoms with van der Waals surface area (Å²) in [4.78, 5) is 22.7. The highest BCUT2D eigenvalue weighted by Crippen LogP contribution is 2.14. The van der Waals surface area contributed by atoms with Crippen LogP contribution in [0.3, 0.4) is 0 Å². The summed E-state index contributed by atoms with van der Waals surface area (Å²) in [6.45, 7) is 4.30. The minimum atomic E-state index is -0.985. The Morgan fingerprint density at radius 2 is 2.25 bits per heavy atom. The van der Waals surface area contributed by atoms with Gasteiger partial charge in [-0.3, -0.25) is 4.79 Å². The van der Waals surface area contributed by atoms with Gasteiger partial charge in [0.1, 0.15) is 12.1 Å². The molecule has 0 bridgehead atoms. The molecular weight excluding hydrogens is 210 g/mol. The van der Waals surface area contributed by atoms with Crippen molar-refractivity contribution in [2.24, 2.45) is 5.92 Å². The summed E-state index contributed by atoms with van der Waals surface area (Å²) in [6, 6.07) is -0.818. The van der Waals surface area contributed by atoms with E-state index in [1.165, 1.54) is 0 Å². The lowest BCUT2D eigenvalue weighted by Gasteiger charge is -2.21. The fraction of sp³-hybridized carbons (Fsp3) is 0.818. The van der Waals surface area contributed by atoms with Gasteiger partial charge >= 0.3 is 5.97 Å². The Morgan fingerprint density at radius 3 is 2.69 bits per heavy atom. The van der Waals surface area contributed by atoms with E-state index in [4.69, 9.17) is 9.84 Å². The maximum absolute atomic E-state index is 11.7. The Hall–Kier alpha value is -1.10. The van der Waals surface area contributed by atoms with E-state index in [-0.39, 0.29) is 11.8 Å². The zero-order valence-electron chi connectivity index (χ0n) is 9.73. The molecule has 5 heteroatoms. The number of ether oxygens (including phenoxy) is 1. The molecule has 0 radical (unpaired) electrons. The Kier molecular flexibility index (Phi) is 4.73. The number of carbonyl (C=O) groups is 2. The average molecular weight is 229 g/mol. The lowest BCUT2D eigenvalue weighted by molar-refractivity contribution is -0.145. The predicted molar refractivity (Wildman–Crippen MR) is 58.0 cm³/mol. The van der Waals surface area contributed by atoms with Crippen LogP contribution in [0, 0.1) is 5.92 Å². The first-order valence-electron chi connectivity index (χ1n) is 5.71. The van der Waals surface area contributed by atoms with Gasteiger partial charge in [-0.1, -0.05) is 20.3 Å². The van der Waals surface area contributed by atoms with Crippen molar-refractivity contribution >= 4 is 11.9 Å². The molecule has 1 aliphatic heterocycles. The van der Waals surface area contributed by atoms with Crippen LogP contribution < -0.4 is 5.32 Å². The van der Waals surface area contributed by atoms with Crippen molar-refractivity contribution in [2.45, 2.75) is 45.3 Å². The van der Waals surface area contributed by atoms with Crippen LogP contribution in [0.5, 0.6) is 0 Å². The molecule has 5 nitrogen and oxygen atoms in total. The van der Waals surface area contributed by atoms with Crippen LogP contribution >= 0.6 is 0 Å². The summed E-state index contributed by atoms with van der Waals surface area (Å²) in [5.41, 5.74) is 0. The van der Waals surface area contributed by atoms with E-state index in [0.717, 1.165) is 6.42 Å². The van der Waals surface area contributed by atoms with Gasteiger partial charge in [0.2, 0.25) is 5.91 Å². The number of hydrogen-bond acceptors (Lipinski definition) is 3. The average Bonchev–Trinajstić information content (AvgIpc) is 2.77. The van der Waals surface area contributed by atoms with E-state index in [0.29, 0.717) is 19.4 Å². The molecule has 0 spiro atoms. The van der Waals surface area contributed by atoms with Crippen molar-refractivity contribution in [1.82, 2.24) is 5.32 Å². The van der Waals surface area contributed by atoms with Crippen LogP contribution in [-0.2, 0) is 14.3 Å². The van der Waals surface area contributed by atoms with Crippen molar-refractivity contribution in [3.8, 4) is 0 Å². The van der Waals surface area contributed by atoms with Crippen molar-refractivity contribution < 1.29 is 19.4 Å². The van der Waals surface area contributed by atoms with Crippen molar-refractivity contribution in [3.05, 3.63) is 0 Å². The summed E-state index contributed by atoms with van der Waals surface area (Å²) in [7, 11) is 0. The van der Waals surface area contributed by atoms with Crippen LogP contribution in [0.2, 0.25) is 0 Å². The van der Waals surface area contributed by atoms with Crippen LogP contribution in [0.4, 0.5) is 0 Å². The lowest BCUT2D eigenvalue weighted by atomic mass is 9.99. The monoisotopic (exact) mass is 229 g/mol. The van der Waals surface area contributed by atoms with Gasteiger partial charge in [-0.05, 0) is 18.8 Å². The second-order valence-corrected chi connectivity index (χ2v) is 4.21. The summed E-state index contributed by atoms with van der Waals surface area (Å²) < 4.78 is 5.20. The molecule has 0 aromatic rings. The quantitative estimate of drug-likeness (QED) is 0.730. The van der Waals surface area contributed by atoms with Gasteiger partial charge in [-0.15, -0.1) is 0 Å². The molecular formula is C11H19NO4. The highest BCUT2D eigenvalue weighted by atomic mass is 16.5. The normalized spacial score (nSPS) is 23.8. The fourth-order valence-corrected chi connectivity index (χ4v) is 1.71. The first kappa shape index (κ1) is 13.0. The molecule has 1 fully saturated rings. The zero-order chi connectivity index (χ0) is 12.1. The molecule has 0 aliphatic carbocycles. The first-order valence-corrected chi connectivity index (χ1v) is 5.71. The summed E-state index contributed by atoms with van der Waals surface area (Å²) >= 11 is 0. The Bertz CT molecular complexity index is 261. The number of rotatable bonds is 5. The van der Waals surface area contributed by atoms with Gasteiger partial charge in [0.15, 0.2) is 0 Å². The maximum atomic E-state index is 11.7. The largest absolute Gasteiger partial charge is 0.480 e. The molecule has 0 aromatic carbocycles. The summed E-state index contributed by atoms with van der Waals surface area (Å²) in [5.74, 6) is -1.37. The van der Waals surface area contributed by atoms with Gasteiger partial charge in [-0.2, -0.15) is 0 Å². The third kappa shape index (κ3) is 3.20. The molecule has 2 N–H and O–H groups in total. The van der Waals surface area contributed by atoms with Crippen LogP contribution in [0.1, 0.15) is 33.1 Å². The third-order valence-corrected chi connectivity index (χ3v) is 3.00. The Balaban J connectivity index is 2.53. The van der Waals surface area contributed by atoms with Gasteiger partial charge in [0, 0.05) is 6.61 Å². The molecule has 92 valence electrons. The number of carboxylic acids is 1. The Morgan fingerprint density at radius 1 is 1.56 bits per heavy atom. The van der Waals surface area contributed by atoms with Crippen LogP contribution in [0.15, 0.2) is 0 Å². The van der Waals surface area contributed by atoms with Gasteiger partial charge in [0.05, 0.1) is 0 Å². The number of aliphatic carboxylic acids is 1. The van der Waals surface area contributed by atoms with Gasteiger partial charge in [0.25, 0.3) is 0 Å². The molecule has 1 rings (SSSR count). The number of nitrogens with one attached hydrogen (secondary N) is 1. The molecule has 16 heavy (non-hydrogen) atoms. The first-order chi connectivity index (χ1) is 7.56. The van der Waals surface area contributed by atoms with Crippen molar-refractivity contribution in [2.75, 3.05) is 6.61 Å². The molecule has 0 aromatic heterocycles.